The first kappa shape index (κ1) is 13.0. The zero-order valence-corrected chi connectivity index (χ0v) is 10.6. The summed E-state index contributed by atoms with van der Waals surface area (Å²) in [4.78, 5) is 25.2. The smallest absolute Gasteiger partial charge is 0.162 e. The largest absolute Gasteiger partial charge is 0.302 e. The Morgan fingerprint density at radius 1 is 1.11 bits per heavy atom. The molecule has 3 nitrogen and oxygen atoms in total. The van der Waals surface area contributed by atoms with Crippen molar-refractivity contribution >= 4 is 11.6 Å². The lowest BCUT2D eigenvalue weighted by Gasteiger charge is -2.25. The Kier molecular flexibility index (Phi) is 4.65. The zero-order chi connectivity index (χ0) is 12.8. The van der Waals surface area contributed by atoms with Crippen LogP contribution in [0.5, 0.6) is 0 Å². The SMILES string of the molecule is O=C1CCN(CCCC(=O)c2ccccc2)CC1. The van der Waals surface area contributed by atoms with Gasteiger partial charge >= 0.3 is 0 Å². The van der Waals surface area contributed by atoms with Gasteiger partial charge in [0.25, 0.3) is 0 Å². The molecule has 1 aromatic carbocycles. The van der Waals surface area contributed by atoms with Crippen molar-refractivity contribution in [3.63, 3.8) is 0 Å². The maximum Gasteiger partial charge on any atom is 0.162 e. The van der Waals surface area contributed by atoms with Crippen LogP contribution in [0.2, 0.25) is 0 Å². The third kappa shape index (κ3) is 3.77. The minimum atomic E-state index is 0.212. The number of ketones is 2. The lowest BCUT2D eigenvalue weighted by atomic mass is 10.1. The molecule has 0 bridgehead atoms. The molecule has 0 unspecified atom stereocenters. The molecule has 0 N–H and O–H groups in total. The van der Waals surface area contributed by atoms with Gasteiger partial charge in [-0.3, -0.25) is 9.59 Å². The van der Waals surface area contributed by atoms with Crippen LogP contribution in [-0.2, 0) is 4.79 Å². The fourth-order valence-corrected chi connectivity index (χ4v) is 2.26. The van der Waals surface area contributed by atoms with E-state index in [1.165, 1.54) is 0 Å². The minimum absolute atomic E-state index is 0.212. The highest BCUT2D eigenvalue weighted by Gasteiger charge is 2.15. The second kappa shape index (κ2) is 6.45. The van der Waals surface area contributed by atoms with Gasteiger partial charge in [-0.1, -0.05) is 30.3 Å². The van der Waals surface area contributed by atoms with Gasteiger partial charge in [0.2, 0.25) is 0 Å². The number of Topliss-reactive ketones (excluding diaryl/α,β-unsaturated/α-hetero) is 2. The van der Waals surface area contributed by atoms with Gasteiger partial charge in [-0.05, 0) is 13.0 Å². The Bertz CT molecular complexity index is 404. The number of carbonyl (C=O) groups excluding carboxylic acids is 2. The number of hydrogen-bond acceptors (Lipinski definition) is 3. The van der Waals surface area contributed by atoms with E-state index in [9.17, 15) is 9.59 Å². The summed E-state index contributed by atoms with van der Waals surface area (Å²) in [6.07, 6.45) is 2.82. The minimum Gasteiger partial charge on any atom is -0.302 e. The predicted molar refractivity (Wildman–Crippen MR) is 70.7 cm³/mol. The van der Waals surface area contributed by atoms with Gasteiger partial charge < -0.3 is 4.90 Å². The molecule has 1 aromatic rings. The highest BCUT2D eigenvalue weighted by molar-refractivity contribution is 5.95. The highest BCUT2D eigenvalue weighted by atomic mass is 16.1. The van der Waals surface area contributed by atoms with Crippen molar-refractivity contribution in [2.24, 2.45) is 0 Å². The molecule has 0 radical (unpaired) electrons. The average molecular weight is 245 g/mol. The Hall–Kier alpha value is -1.48. The number of nitrogens with zero attached hydrogens (tertiary/aromatic N) is 1. The fraction of sp³-hybridized carbons (Fsp3) is 0.467. The van der Waals surface area contributed by atoms with E-state index in [4.69, 9.17) is 0 Å². The third-order valence-corrected chi connectivity index (χ3v) is 3.39. The van der Waals surface area contributed by atoms with E-state index in [1.54, 1.807) is 0 Å². The van der Waals surface area contributed by atoms with E-state index in [1.807, 2.05) is 30.3 Å². The van der Waals surface area contributed by atoms with Crippen LogP contribution >= 0.6 is 0 Å². The molecule has 1 saturated heterocycles. The number of benzene rings is 1. The molecule has 0 saturated carbocycles. The lowest BCUT2D eigenvalue weighted by Crippen LogP contribution is -2.34. The Labute approximate surface area is 108 Å². The van der Waals surface area contributed by atoms with Gasteiger partial charge in [-0.25, -0.2) is 0 Å². The van der Waals surface area contributed by atoms with Crippen LogP contribution < -0.4 is 0 Å². The van der Waals surface area contributed by atoms with Crippen molar-refractivity contribution < 1.29 is 9.59 Å². The molecule has 1 fully saturated rings. The Balaban J connectivity index is 1.69. The van der Waals surface area contributed by atoms with Gasteiger partial charge in [0.05, 0.1) is 0 Å². The molecular formula is C15H19NO2. The number of carbonyl (C=O) groups is 2. The average Bonchev–Trinajstić information content (AvgIpc) is 2.42. The molecule has 3 heteroatoms. The summed E-state index contributed by atoms with van der Waals surface area (Å²) in [6, 6.07) is 9.43. The van der Waals surface area contributed by atoms with Crippen LogP contribution in [0.25, 0.3) is 0 Å². The third-order valence-electron chi connectivity index (χ3n) is 3.39. The standard InChI is InChI=1S/C15H19NO2/c17-14-8-11-16(12-9-14)10-4-7-15(18)13-5-2-1-3-6-13/h1-3,5-6H,4,7-12H2. The molecular weight excluding hydrogens is 226 g/mol. The normalized spacial score (nSPS) is 16.8. The molecule has 0 aliphatic carbocycles. The molecule has 0 atom stereocenters. The maximum atomic E-state index is 11.9. The summed E-state index contributed by atoms with van der Waals surface area (Å²) >= 11 is 0. The molecule has 0 amide bonds. The molecule has 1 aliphatic rings. The summed E-state index contributed by atoms with van der Waals surface area (Å²) in [6.45, 7) is 2.64. The Morgan fingerprint density at radius 3 is 2.44 bits per heavy atom. The van der Waals surface area contributed by atoms with E-state index in [0.29, 0.717) is 25.0 Å². The van der Waals surface area contributed by atoms with Crippen molar-refractivity contribution in [1.82, 2.24) is 4.90 Å². The summed E-state index contributed by atoms with van der Waals surface area (Å²) < 4.78 is 0. The topological polar surface area (TPSA) is 37.4 Å². The van der Waals surface area contributed by atoms with Crippen LogP contribution in [0.15, 0.2) is 30.3 Å². The molecule has 1 heterocycles. The molecule has 0 aromatic heterocycles. The van der Waals surface area contributed by atoms with Gasteiger partial charge in [0.15, 0.2) is 5.78 Å². The number of piperidine rings is 1. The molecule has 2 rings (SSSR count). The van der Waals surface area contributed by atoms with Crippen molar-refractivity contribution in [2.45, 2.75) is 25.7 Å². The fourth-order valence-electron chi connectivity index (χ4n) is 2.26. The number of rotatable bonds is 5. The van der Waals surface area contributed by atoms with Crippen LogP contribution in [0.3, 0.4) is 0 Å². The second-order valence-corrected chi connectivity index (χ2v) is 4.77. The first-order valence-corrected chi connectivity index (χ1v) is 6.58. The molecule has 96 valence electrons. The van der Waals surface area contributed by atoms with E-state index in [0.717, 1.165) is 31.6 Å². The summed E-state index contributed by atoms with van der Waals surface area (Å²) in [5.41, 5.74) is 0.798. The van der Waals surface area contributed by atoms with Gasteiger partial charge in [0.1, 0.15) is 5.78 Å². The van der Waals surface area contributed by atoms with Gasteiger partial charge in [-0.15, -0.1) is 0 Å². The lowest BCUT2D eigenvalue weighted by molar-refractivity contribution is -0.121. The van der Waals surface area contributed by atoms with Crippen molar-refractivity contribution in [3.05, 3.63) is 35.9 Å². The predicted octanol–water partition coefficient (Wildman–Crippen LogP) is 2.31. The van der Waals surface area contributed by atoms with Crippen LogP contribution in [0.4, 0.5) is 0 Å². The zero-order valence-electron chi connectivity index (χ0n) is 10.6. The summed E-state index contributed by atoms with van der Waals surface area (Å²) in [5.74, 6) is 0.579. The van der Waals surface area contributed by atoms with E-state index < -0.39 is 0 Å². The van der Waals surface area contributed by atoms with Crippen LogP contribution in [0, 0.1) is 0 Å². The summed E-state index contributed by atoms with van der Waals surface area (Å²) in [7, 11) is 0. The maximum absolute atomic E-state index is 11.9. The molecule has 1 aliphatic heterocycles. The van der Waals surface area contributed by atoms with E-state index in [2.05, 4.69) is 4.90 Å². The van der Waals surface area contributed by atoms with Crippen molar-refractivity contribution in [1.29, 1.82) is 0 Å². The van der Waals surface area contributed by atoms with E-state index in [-0.39, 0.29) is 5.78 Å². The second-order valence-electron chi connectivity index (χ2n) is 4.77. The quantitative estimate of drug-likeness (QED) is 0.747. The monoisotopic (exact) mass is 245 g/mol. The molecule has 18 heavy (non-hydrogen) atoms. The first-order chi connectivity index (χ1) is 8.75. The summed E-state index contributed by atoms with van der Waals surface area (Å²) in [5, 5.41) is 0. The molecule has 0 spiro atoms. The highest BCUT2D eigenvalue weighted by Crippen LogP contribution is 2.09. The number of hydrogen-bond donors (Lipinski definition) is 0. The number of likely N-dealkylation sites (tertiary alicyclic amines) is 1. The van der Waals surface area contributed by atoms with Gasteiger partial charge in [0, 0.05) is 37.9 Å². The van der Waals surface area contributed by atoms with Crippen LogP contribution in [0.1, 0.15) is 36.0 Å². The van der Waals surface area contributed by atoms with Gasteiger partial charge in [-0.2, -0.15) is 0 Å². The Morgan fingerprint density at radius 2 is 1.78 bits per heavy atom. The van der Waals surface area contributed by atoms with Crippen LogP contribution in [-0.4, -0.2) is 36.1 Å². The van der Waals surface area contributed by atoms with Crippen molar-refractivity contribution in [3.8, 4) is 0 Å². The van der Waals surface area contributed by atoms with Crippen molar-refractivity contribution in [2.75, 3.05) is 19.6 Å². The first-order valence-electron chi connectivity index (χ1n) is 6.58. The van der Waals surface area contributed by atoms with E-state index >= 15 is 0 Å².